The zero-order valence-electron chi connectivity index (χ0n) is 10.7. The summed E-state index contributed by atoms with van der Waals surface area (Å²) >= 11 is 5.95. The Morgan fingerprint density at radius 3 is 2.68 bits per heavy atom. The van der Waals surface area contributed by atoms with Crippen molar-refractivity contribution in [2.45, 2.75) is 19.4 Å². The number of benzene rings is 2. The molecule has 100 valence electrons. The van der Waals surface area contributed by atoms with Crippen LogP contribution in [0.2, 0.25) is 5.02 Å². The fourth-order valence-electron chi connectivity index (χ4n) is 2.10. The number of aryl methyl sites for hydroxylation is 1. The van der Waals surface area contributed by atoms with Crippen molar-refractivity contribution in [3.8, 4) is 0 Å². The summed E-state index contributed by atoms with van der Waals surface area (Å²) in [6.45, 7) is 1.74. The third-order valence-corrected chi connectivity index (χ3v) is 3.36. The van der Waals surface area contributed by atoms with Gasteiger partial charge in [-0.25, -0.2) is 4.39 Å². The highest BCUT2D eigenvalue weighted by Gasteiger charge is 2.16. The minimum Gasteiger partial charge on any atom is -0.271 e. The van der Waals surface area contributed by atoms with Crippen LogP contribution in [0, 0.1) is 12.7 Å². The Morgan fingerprint density at radius 2 is 2.00 bits per heavy atom. The topological polar surface area (TPSA) is 38.0 Å². The van der Waals surface area contributed by atoms with Crippen molar-refractivity contribution < 1.29 is 4.39 Å². The largest absolute Gasteiger partial charge is 0.271 e. The van der Waals surface area contributed by atoms with Gasteiger partial charge in [-0.05, 0) is 36.6 Å². The van der Waals surface area contributed by atoms with Crippen molar-refractivity contribution in [3.05, 3.63) is 70.0 Å². The first-order valence-electron chi connectivity index (χ1n) is 6.07. The number of hydrogen-bond acceptors (Lipinski definition) is 2. The minimum absolute atomic E-state index is 0.215. The Bertz CT molecular complexity index is 572. The van der Waals surface area contributed by atoms with Crippen LogP contribution in [0.4, 0.5) is 4.39 Å². The van der Waals surface area contributed by atoms with Gasteiger partial charge in [0, 0.05) is 10.6 Å². The average molecular weight is 279 g/mol. The maximum atomic E-state index is 14.1. The Morgan fingerprint density at radius 1 is 1.26 bits per heavy atom. The summed E-state index contributed by atoms with van der Waals surface area (Å²) < 4.78 is 14.1. The Balaban J connectivity index is 2.28. The normalized spacial score (nSPS) is 12.4. The third kappa shape index (κ3) is 3.32. The van der Waals surface area contributed by atoms with E-state index in [0.717, 1.165) is 5.56 Å². The number of nitrogens with two attached hydrogens (primary N) is 1. The van der Waals surface area contributed by atoms with Gasteiger partial charge < -0.3 is 0 Å². The van der Waals surface area contributed by atoms with E-state index in [-0.39, 0.29) is 11.9 Å². The summed E-state index contributed by atoms with van der Waals surface area (Å²) in [6.07, 6.45) is 0.581. The maximum Gasteiger partial charge on any atom is 0.130 e. The van der Waals surface area contributed by atoms with E-state index in [4.69, 9.17) is 17.4 Å². The van der Waals surface area contributed by atoms with Gasteiger partial charge in [-0.2, -0.15) is 0 Å². The first-order chi connectivity index (χ1) is 9.11. The van der Waals surface area contributed by atoms with Crippen LogP contribution < -0.4 is 11.3 Å². The number of hydrogen-bond donors (Lipinski definition) is 2. The van der Waals surface area contributed by atoms with Crippen LogP contribution in [0.3, 0.4) is 0 Å². The van der Waals surface area contributed by atoms with E-state index in [1.54, 1.807) is 19.1 Å². The fraction of sp³-hybridized carbons (Fsp3) is 0.200. The molecule has 2 nitrogen and oxygen atoms in total. The summed E-state index contributed by atoms with van der Waals surface area (Å²) in [7, 11) is 0. The average Bonchev–Trinajstić information content (AvgIpc) is 2.40. The SMILES string of the molecule is Cc1cccc(C(Cc2cccc(Cl)c2)NN)c1F. The summed E-state index contributed by atoms with van der Waals surface area (Å²) in [6, 6.07) is 12.5. The van der Waals surface area contributed by atoms with Crippen molar-refractivity contribution in [3.63, 3.8) is 0 Å². The summed E-state index contributed by atoms with van der Waals surface area (Å²) in [4.78, 5) is 0. The molecule has 0 radical (unpaired) electrons. The lowest BCUT2D eigenvalue weighted by molar-refractivity contribution is 0.507. The van der Waals surface area contributed by atoms with Crippen LogP contribution in [0.1, 0.15) is 22.7 Å². The first-order valence-corrected chi connectivity index (χ1v) is 6.45. The molecule has 2 aromatic rings. The van der Waals surface area contributed by atoms with Crippen LogP contribution in [-0.2, 0) is 6.42 Å². The van der Waals surface area contributed by atoms with E-state index in [1.165, 1.54) is 0 Å². The van der Waals surface area contributed by atoms with Gasteiger partial charge in [0.1, 0.15) is 5.82 Å². The Hall–Kier alpha value is -1.42. The lowest BCUT2D eigenvalue weighted by Crippen LogP contribution is -2.30. The Kier molecular flexibility index (Phi) is 4.53. The molecule has 0 amide bonds. The molecule has 0 fully saturated rings. The highest BCUT2D eigenvalue weighted by Crippen LogP contribution is 2.23. The predicted molar refractivity (Wildman–Crippen MR) is 76.4 cm³/mol. The van der Waals surface area contributed by atoms with Crippen LogP contribution in [0.5, 0.6) is 0 Å². The summed E-state index contributed by atoms with van der Waals surface area (Å²) in [5, 5.41) is 0.665. The van der Waals surface area contributed by atoms with Gasteiger partial charge in [0.25, 0.3) is 0 Å². The molecule has 0 heterocycles. The molecule has 0 aliphatic rings. The van der Waals surface area contributed by atoms with Gasteiger partial charge in [0.05, 0.1) is 6.04 Å². The molecular weight excluding hydrogens is 263 g/mol. The van der Waals surface area contributed by atoms with E-state index in [1.807, 2.05) is 30.3 Å². The molecule has 0 spiro atoms. The molecule has 1 unspecified atom stereocenters. The molecule has 0 aromatic heterocycles. The number of halogens is 2. The molecule has 2 aromatic carbocycles. The van der Waals surface area contributed by atoms with E-state index in [0.29, 0.717) is 22.6 Å². The first kappa shape index (κ1) is 14.0. The standard InChI is InChI=1S/C15H16ClFN2/c1-10-4-2-7-13(15(10)17)14(19-18)9-11-5-3-6-12(16)8-11/h2-8,14,19H,9,18H2,1H3. The second-order valence-corrected chi connectivity index (χ2v) is 4.97. The second-order valence-electron chi connectivity index (χ2n) is 4.53. The van der Waals surface area contributed by atoms with Gasteiger partial charge in [-0.1, -0.05) is 41.9 Å². The quantitative estimate of drug-likeness (QED) is 0.663. The van der Waals surface area contributed by atoms with E-state index >= 15 is 0 Å². The molecule has 0 bridgehead atoms. The smallest absolute Gasteiger partial charge is 0.130 e. The van der Waals surface area contributed by atoms with E-state index in [9.17, 15) is 4.39 Å². The maximum absolute atomic E-state index is 14.1. The molecular formula is C15H16ClFN2. The van der Waals surface area contributed by atoms with Gasteiger partial charge in [-0.15, -0.1) is 0 Å². The van der Waals surface area contributed by atoms with Crippen LogP contribution in [0.25, 0.3) is 0 Å². The molecule has 0 saturated heterocycles. The summed E-state index contributed by atoms with van der Waals surface area (Å²) in [5.74, 6) is 5.34. The van der Waals surface area contributed by atoms with Crippen molar-refractivity contribution in [1.29, 1.82) is 0 Å². The van der Waals surface area contributed by atoms with Gasteiger partial charge in [0.2, 0.25) is 0 Å². The van der Waals surface area contributed by atoms with Crippen LogP contribution in [-0.4, -0.2) is 0 Å². The van der Waals surface area contributed by atoms with Crippen LogP contribution >= 0.6 is 11.6 Å². The predicted octanol–water partition coefficient (Wildman–Crippen LogP) is 3.53. The highest BCUT2D eigenvalue weighted by atomic mass is 35.5. The van der Waals surface area contributed by atoms with Gasteiger partial charge in [0.15, 0.2) is 0 Å². The zero-order valence-corrected chi connectivity index (χ0v) is 11.4. The Labute approximate surface area is 117 Å². The highest BCUT2D eigenvalue weighted by molar-refractivity contribution is 6.30. The third-order valence-electron chi connectivity index (χ3n) is 3.13. The lowest BCUT2D eigenvalue weighted by atomic mass is 9.97. The molecule has 19 heavy (non-hydrogen) atoms. The van der Waals surface area contributed by atoms with Gasteiger partial charge in [-0.3, -0.25) is 11.3 Å². The zero-order chi connectivity index (χ0) is 13.8. The van der Waals surface area contributed by atoms with Crippen molar-refractivity contribution in [2.24, 2.45) is 5.84 Å². The molecule has 2 rings (SSSR count). The van der Waals surface area contributed by atoms with Gasteiger partial charge >= 0.3 is 0 Å². The number of hydrazine groups is 1. The van der Waals surface area contributed by atoms with Crippen molar-refractivity contribution in [1.82, 2.24) is 5.43 Å². The van der Waals surface area contributed by atoms with Crippen molar-refractivity contribution in [2.75, 3.05) is 0 Å². The fourth-order valence-corrected chi connectivity index (χ4v) is 2.31. The summed E-state index contributed by atoms with van der Waals surface area (Å²) in [5.41, 5.74) is 4.87. The second kappa shape index (κ2) is 6.15. The lowest BCUT2D eigenvalue weighted by Gasteiger charge is -2.18. The van der Waals surface area contributed by atoms with Crippen molar-refractivity contribution >= 4 is 11.6 Å². The van der Waals surface area contributed by atoms with Crippen LogP contribution in [0.15, 0.2) is 42.5 Å². The number of rotatable bonds is 4. The number of nitrogens with one attached hydrogen (secondary N) is 1. The molecule has 3 N–H and O–H groups in total. The van der Waals surface area contributed by atoms with E-state index in [2.05, 4.69) is 5.43 Å². The molecule has 0 aliphatic heterocycles. The minimum atomic E-state index is -0.279. The monoisotopic (exact) mass is 278 g/mol. The molecule has 1 atom stereocenters. The molecule has 0 aliphatic carbocycles. The van der Waals surface area contributed by atoms with E-state index < -0.39 is 0 Å². The molecule has 0 saturated carbocycles. The molecule has 4 heteroatoms.